The quantitative estimate of drug-likeness (QED) is 0.727. The molecule has 4 amide bonds. The van der Waals surface area contributed by atoms with Crippen molar-refractivity contribution in [2.24, 2.45) is 11.3 Å². The van der Waals surface area contributed by atoms with Gasteiger partial charge in [0.2, 0.25) is 11.8 Å². The van der Waals surface area contributed by atoms with Crippen LogP contribution < -0.4 is 5.32 Å². The summed E-state index contributed by atoms with van der Waals surface area (Å²) in [6.45, 7) is 10.5. The molecule has 2 saturated heterocycles. The van der Waals surface area contributed by atoms with Gasteiger partial charge in [0.25, 0.3) is 5.91 Å². The monoisotopic (exact) mass is 472 g/mol. The molecular formula is C25H36N4O5. The average Bonchev–Trinajstić information content (AvgIpc) is 2.83. The van der Waals surface area contributed by atoms with Crippen LogP contribution in [0.1, 0.15) is 50.9 Å². The maximum atomic E-state index is 13.2. The van der Waals surface area contributed by atoms with Crippen LogP contribution in [0.4, 0.5) is 10.5 Å². The van der Waals surface area contributed by atoms with Crippen molar-refractivity contribution in [3.05, 3.63) is 29.8 Å². The predicted octanol–water partition coefficient (Wildman–Crippen LogP) is 2.82. The summed E-state index contributed by atoms with van der Waals surface area (Å²) in [4.78, 5) is 55.7. The molecule has 0 spiro atoms. The average molecular weight is 473 g/mol. The van der Waals surface area contributed by atoms with E-state index in [9.17, 15) is 19.2 Å². The van der Waals surface area contributed by atoms with Crippen LogP contribution >= 0.6 is 0 Å². The minimum absolute atomic E-state index is 0.102. The van der Waals surface area contributed by atoms with Gasteiger partial charge in [-0.1, -0.05) is 32.9 Å². The van der Waals surface area contributed by atoms with Gasteiger partial charge in [0.05, 0.1) is 17.9 Å². The summed E-state index contributed by atoms with van der Waals surface area (Å²) >= 11 is 0. The number of carbonyl (C=O) groups excluding carboxylic acids is 4. The van der Waals surface area contributed by atoms with Gasteiger partial charge < -0.3 is 24.8 Å². The van der Waals surface area contributed by atoms with Crippen molar-refractivity contribution < 1.29 is 23.9 Å². The fourth-order valence-corrected chi connectivity index (χ4v) is 4.31. The molecule has 2 aliphatic heterocycles. The van der Waals surface area contributed by atoms with Crippen LogP contribution in [0.2, 0.25) is 0 Å². The van der Waals surface area contributed by atoms with Crippen LogP contribution in [-0.4, -0.2) is 84.4 Å². The fraction of sp³-hybridized carbons (Fsp3) is 0.600. The van der Waals surface area contributed by atoms with E-state index in [1.807, 2.05) is 25.7 Å². The molecule has 3 rings (SSSR count). The first-order valence-electron chi connectivity index (χ1n) is 12.0. The summed E-state index contributed by atoms with van der Waals surface area (Å²) in [6.07, 6.45) is 0.830. The van der Waals surface area contributed by atoms with Crippen molar-refractivity contribution in [2.45, 2.75) is 40.5 Å². The van der Waals surface area contributed by atoms with Gasteiger partial charge in [-0.3, -0.25) is 14.4 Å². The van der Waals surface area contributed by atoms with E-state index in [0.717, 1.165) is 0 Å². The molecule has 186 valence electrons. The molecule has 9 heteroatoms. The van der Waals surface area contributed by atoms with Crippen molar-refractivity contribution in [3.8, 4) is 0 Å². The minimum atomic E-state index is -0.434. The van der Waals surface area contributed by atoms with Gasteiger partial charge in [0.15, 0.2) is 0 Å². The molecule has 1 N–H and O–H groups in total. The Morgan fingerprint density at radius 2 is 1.50 bits per heavy atom. The van der Waals surface area contributed by atoms with E-state index in [-0.39, 0.29) is 29.7 Å². The second kappa shape index (κ2) is 10.9. The number of carbonyl (C=O) groups is 4. The Balaban J connectivity index is 1.58. The first-order valence-corrected chi connectivity index (χ1v) is 12.0. The Labute approximate surface area is 201 Å². The van der Waals surface area contributed by atoms with E-state index < -0.39 is 5.41 Å². The van der Waals surface area contributed by atoms with Gasteiger partial charge in [0.1, 0.15) is 0 Å². The van der Waals surface area contributed by atoms with Crippen LogP contribution in [0, 0.1) is 11.3 Å². The van der Waals surface area contributed by atoms with E-state index in [1.165, 1.54) is 0 Å². The van der Waals surface area contributed by atoms with E-state index in [2.05, 4.69) is 5.32 Å². The lowest BCUT2D eigenvalue weighted by molar-refractivity contribution is -0.142. The predicted molar refractivity (Wildman–Crippen MR) is 128 cm³/mol. The number of amides is 4. The van der Waals surface area contributed by atoms with Crippen LogP contribution in [0.5, 0.6) is 0 Å². The topological polar surface area (TPSA) is 99.3 Å². The third-order valence-electron chi connectivity index (χ3n) is 6.30. The van der Waals surface area contributed by atoms with Crippen LogP contribution in [0.15, 0.2) is 24.3 Å². The Morgan fingerprint density at radius 3 is 2.09 bits per heavy atom. The lowest BCUT2D eigenvalue weighted by atomic mass is 9.90. The summed E-state index contributed by atoms with van der Waals surface area (Å²) in [7, 11) is 0. The largest absolute Gasteiger partial charge is 0.450 e. The molecule has 0 saturated carbocycles. The van der Waals surface area contributed by atoms with Gasteiger partial charge in [0, 0.05) is 50.6 Å². The number of likely N-dealkylation sites (tertiary alicyclic amines) is 1. The zero-order chi connectivity index (χ0) is 24.9. The molecule has 0 aromatic heterocycles. The number of hydrogen-bond donors (Lipinski definition) is 1. The Kier molecular flexibility index (Phi) is 8.17. The number of para-hydroxylation sites is 1. The Morgan fingerprint density at radius 1 is 0.912 bits per heavy atom. The zero-order valence-corrected chi connectivity index (χ0v) is 20.6. The van der Waals surface area contributed by atoms with Crippen molar-refractivity contribution in [2.75, 3.05) is 51.2 Å². The van der Waals surface area contributed by atoms with Crippen molar-refractivity contribution in [1.29, 1.82) is 0 Å². The molecule has 2 fully saturated rings. The highest BCUT2D eigenvalue weighted by Crippen LogP contribution is 2.26. The molecule has 0 aliphatic carbocycles. The maximum Gasteiger partial charge on any atom is 0.409 e. The third kappa shape index (κ3) is 6.07. The van der Waals surface area contributed by atoms with Crippen LogP contribution in [-0.2, 0) is 14.3 Å². The number of nitrogens with one attached hydrogen (secondary N) is 1. The molecular weight excluding hydrogens is 436 g/mol. The highest BCUT2D eigenvalue weighted by molar-refractivity contribution is 6.04. The Bertz CT molecular complexity index is 910. The highest BCUT2D eigenvalue weighted by Gasteiger charge is 2.33. The normalized spacial score (nSPS) is 17.4. The fourth-order valence-electron chi connectivity index (χ4n) is 4.31. The number of benzene rings is 1. The molecule has 0 radical (unpaired) electrons. The first kappa shape index (κ1) is 25.5. The van der Waals surface area contributed by atoms with Crippen molar-refractivity contribution >= 4 is 29.5 Å². The first-order chi connectivity index (χ1) is 16.1. The number of ether oxygens (including phenoxy) is 1. The zero-order valence-electron chi connectivity index (χ0n) is 20.6. The standard InChI is InChI=1S/C25H36N4O5/c1-5-34-24(33)29-16-14-27(15-17-29)22(31)19-8-6-7-9-20(19)26-21(30)18-10-12-28(13-11-18)23(32)25(2,3)4/h6-9,18H,5,10-17H2,1-4H3,(H,26,30). The lowest BCUT2D eigenvalue weighted by Gasteiger charge is -2.35. The van der Waals surface area contributed by atoms with Crippen LogP contribution in [0.3, 0.4) is 0 Å². The summed E-state index contributed by atoms with van der Waals surface area (Å²) in [5.74, 6) is -0.411. The molecule has 2 aliphatic rings. The molecule has 0 atom stereocenters. The number of hydrogen-bond acceptors (Lipinski definition) is 5. The number of piperazine rings is 1. The van der Waals surface area contributed by atoms with E-state index in [0.29, 0.717) is 70.0 Å². The van der Waals surface area contributed by atoms with Gasteiger partial charge in [-0.2, -0.15) is 0 Å². The molecule has 2 heterocycles. The van der Waals surface area contributed by atoms with Gasteiger partial charge >= 0.3 is 6.09 Å². The number of piperidine rings is 1. The summed E-state index contributed by atoms with van der Waals surface area (Å²) in [5.41, 5.74) is 0.482. The van der Waals surface area contributed by atoms with E-state index in [4.69, 9.17) is 4.74 Å². The van der Waals surface area contributed by atoms with Crippen molar-refractivity contribution in [1.82, 2.24) is 14.7 Å². The molecule has 1 aromatic carbocycles. The smallest absolute Gasteiger partial charge is 0.409 e. The van der Waals surface area contributed by atoms with Gasteiger partial charge in [-0.05, 0) is 31.9 Å². The molecule has 9 nitrogen and oxygen atoms in total. The molecule has 0 unspecified atom stereocenters. The van der Waals surface area contributed by atoms with E-state index in [1.54, 1.807) is 41.0 Å². The summed E-state index contributed by atoms with van der Waals surface area (Å²) in [6, 6.07) is 7.00. The highest BCUT2D eigenvalue weighted by atomic mass is 16.6. The molecule has 0 bridgehead atoms. The second-order valence-electron chi connectivity index (χ2n) is 9.83. The Hall–Kier alpha value is -3.10. The second-order valence-corrected chi connectivity index (χ2v) is 9.83. The SMILES string of the molecule is CCOC(=O)N1CCN(C(=O)c2ccccc2NC(=O)C2CCN(C(=O)C(C)(C)C)CC2)CC1. The molecule has 1 aromatic rings. The number of anilines is 1. The summed E-state index contributed by atoms with van der Waals surface area (Å²) in [5, 5.41) is 2.94. The van der Waals surface area contributed by atoms with Gasteiger partial charge in [-0.15, -0.1) is 0 Å². The molecule has 34 heavy (non-hydrogen) atoms. The van der Waals surface area contributed by atoms with E-state index >= 15 is 0 Å². The van der Waals surface area contributed by atoms with Crippen molar-refractivity contribution in [3.63, 3.8) is 0 Å². The third-order valence-corrected chi connectivity index (χ3v) is 6.30. The van der Waals surface area contributed by atoms with Crippen LogP contribution in [0.25, 0.3) is 0 Å². The number of nitrogens with zero attached hydrogens (tertiary/aromatic N) is 3. The number of rotatable bonds is 4. The van der Waals surface area contributed by atoms with Gasteiger partial charge in [-0.25, -0.2) is 4.79 Å². The summed E-state index contributed by atoms with van der Waals surface area (Å²) < 4.78 is 5.03. The maximum absolute atomic E-state index is 13.2. The minimum Gasteiger partial charge on any atom is -0.450 e. The lowest BCUT2D eigenvalue weighted by Crippen LogP contribution is -2.50.